The third-order valence-corrected chi connectivity index (χ3v) is 7.13. The van der Waals surface area contributed by atoms with Crippen molar-refractivity contribution in [1.29, 1.82) is 0 Å². The summed E-state index contributed by atoms with van der Waals surface area (Å²) in [5.74, 6) is 0.893. The monoisotopic (exact) mass is 553 g/mol. The highest BCUT2D eigenvalue weighted by molar-refractivity contribution is 6.05. The van der Waals surface area contributed by atoms with Crippen molar-refractivity contribution in [3.8, 4) is 11.3 Å². The minimum absolute atomic E-state index is 0.00884. The number of carbonyl (C=O) groups excluding carboxylic acids is 1. The standard InChI is InChI=1S/C31H35N7O3/c1-20-23(7-6-8-24(20)34-28(39)21-9-11-22(12-10-21)31(2,3)4)25-19-26(29(40)37(5)36-25)33-27-13-14-32-30(35-27)38-15-17-41-18-16-38/h6-14,19H,15-18H2,1-5H3,(H,34,39)(H,32,33,35). The zero-order valence-electron chi connectivity index (χ0n) is 24.1. The van der Waals surface area contributed by atoms with Crippen molar-refractivity contribution in [3.05, 3.63) is 87.8 Å². The van der Waals surface area contributed by atoms with Crippen LogP contribution in [0.4, 0.5) is 23.1 Å². The van der Waals surface area contributed by atoms with E-state index < -0.39 is 0 Å². The molecule has 41 heavy (non-hydrogen) atoms. The lowest BCUT2D eigenvalue weighted by Crippen LogP contribution is -2.37. The molecule has 10 nitrogen and oxygen atoms in total. The normalized spacial score (nSPS) is 13.6. The van der Waals surface area contributed by atoms with E-state index in [1.165, 1.54) is 4.68 Å². The zero-order chi connectivity index (χ0) is 29.1. The highest BCUT2D eigenvalue weighted by Gasteiger charge is 2.18. The van der Waals surface area contributed by atoms with Gasteiger partial charge in [-0.2, -0.15) is 10.1 Å². The zero-order valence-corrected chi connectivity index (χ0v) is 24.1. The molecule has 0 radical (unpaired) electrons. The number of morpholine rings is 1. The Morgan fingerprint density at radius 2 is 1.73 bits per heavy atom. The number of carbonyl (C=O) groups is 1. The molecule has 2 aromatic heterocycles. The maximum absolute atomic E-state index is 13.1. The summed E-state index contributed by atoms with van der Waals surface area (Å²) in [7, 11) is 1.61. The molecule has 1 aliphatic heterocycles. The highest BCUT2D eigenvalue weighted by atomic mass is 16.5. The van der Waals surface area contributed by atoms with E-state index in [1.54, 1.807) is 25.4 Å². The minimum atomic E-state index is -0.291. The van der Waals surface area contributed by atoms with E-state index in [9.17, 15) is 9.59 Å². The minimum Gasteiger partial charge on any atom is -0.378 e. The molecule has 2 aromatic carbocycles. The van der Waals surface area contributed by atoms with Gasteiger partial charge in [0.25, 0.3) is 11.5 Å². The molecule has 0 bridgehead atoms. The number of anilines is 4. The van der Waals surface area contributed by atoms with Crippen molar-refractivity contribution in [2.75, 3.05) is 41.8 Å². The van der Waals surface area contributed by atoms with Gasteiger partial charge in [0.1, 0.15) is 11.5 Å². The smallest absolute Gasteiger partial charge is 0.290 e. The Kier molecular flexibility index (Phi) is 7.85. The van der Waals surface area contributed by atoms with E-state index in [1.807, 2.05) is 54.3 Å². The van der Waals surface area contributed by atoms with Crippen LogP contribution in [0.15, 0.2) is 65.6 Å². The number of amides is 1. The van der Waals surface area contributed by atoms with E-state index in [0.29, 0.717) is 60.7 Å². The van der Waals surface area contributed by atoms with Gasteiger partial charge in [-0.15, -0.1) is 0 Å². The summed E-state index contributed by atoms with van der Waals surface area (Å²) in [6.07, 6.45) is 1.67. The predicted molar refractivity (Wildman–Crippen MR) is 161 cm³/mol. The van der Waals surface area contributed by atoms with Gasteiger partial charge in [0.15, 0.2) is 0 Å². The number of ether oxygens (including phenoxy) is 1. The Hall–Kier alpha value is -4.57. The number of hydrogen-bond donors (Lipinski definition) is 2. The fourth-order valence-electron chi connectivity index (χ4n) is 4.67. The summed E-state index contributed by atoms with van der Waals surface area (Å²) < 4.78 is 6.72. The maximum atomic E-state index is 13.1. The predicted octanol–water partition coefficient (Wildman–Crippen LogP) is 4.68. The Morgan fingerprint density at radius 3 is 2.44 bits per heavy atom. The van der Waals surface area contributed by atoms with Crippen LogP contribution in [0.2, 0.25) is 0 Å². The Balaban J connectivity index is 1.40. The van der Waals surface area contributed by atoms with Crippen molar-refractivity contribution >= 4 is 29.0 Å². The van der Waals surface area contributed by atoms with Gasteiger partial charge in [-0.3, -0.25) is 9.59 Å². The summed E-state index contributed by atoms with van der Waals surface area (Å²) in [5.41, 5.74) is 4.67. The molecular formula is C31H35N7O3. The molecule has 5 rings (SSSR count). The highest BCUT2D eigenvalue weighted by Crippen LogP contribution is 2.29. The number of nitrogens with zero attached hydrogens (tertiary/aromatic N) is 5. The van der Waals surface area contributed by atoms with Crippen molar-refractivity contribution in [2.45, 2.75) is 33.1 Å². The molecular weight excluding hydrogens is 518 g/mol. The molecule has 4 aromatic rings. The van der Waals surface area contributed by atoms with E-state index in [4.69, 9.17) is 4.74 Å². The number of benzene rings is 2. The molecule has 3 heterocycles. The molecule has 10 heteroatoms. The molecule has 1 saturated heterocycles. The topological polar surface area (TPSA) is 114 Å². The molecule has 0 atom stereocenters. The Bertz CT molecular complexity index is 1620. The number of hydrogen-bond acceptors (Lipinski definition) is 8. The largest absolute Gasteiger partial charge is 0.378 e. The third-order valence-electron chi connectivity index (χ3n) is 7.13. The second-order valence-electron chi connectivity index (χ2n) is 11.1. The Labute approximate surface area is 239 Å². The van der Waals surface area contributed by atoms with E-state index in [2.05, 4.69) is 46.5 Å². The van der Waals surface area contributed by atoms with Crippen molar-refractivity contribution in [3.63, 3.8) is 0 Å². The van der Waals surface area contributed by atoms with Gasteiger partial charge >= 0.3 is 0 Å². The summed E-state index contributed by atoms with van der Waals surface area (Å²) in [6, 6.07) is 16.7. The van der Waals surface area contributed by atoms with Gasteiger partial charge in [-0.1, -0.05) is 45.0 Å². The van der Waals surface area contributed by atoms with Crippen LogP contribution < -0.4 is 21.1 Å². The van der Waals surface area contributed by atoms with Crippen molar-refractivity contribution in [1.82, 2.24) is 19.7 Å². The van der Waals surface area contributed by atoms with Gasteiger partial charge in [0, 0.05) is 43.1 Å². The average Bonchev–Trinajstić information content (AvgIpc) is 2.96. The van der Waals surface area contributed by atoms with Gasteiger partial charge in [-0.05, 0) is 53.8 Å². The summed E-state index contributed by atoms with van der Waals surface area (Å²) >= 11 is 0. The van der Waals surface area contributed by atoms with E-state index in [0.717, 1.165) is 16.7 Å². The first-order valence-corrected chi connectivity index (χ1v) is 13.6. The maximum Gasteiger partial charge on any atom is 0.290 e. The molecule has 0 unspecified atom stereocenters. The first kappa shape index (κ1) is 28.0. The second kappa shape index (κ2) is 11.5. The van der Waals surface area contributed by atoms with Crippen LogP contribution in [0, 0.1) is 6.92 Å². The lowest BCUT2D eigenvalue weighted by atomic mass is 9.86. The summed E-state index contributed by atoms with van der Waals surface area (Å²) in [6.45, 7) is 11.0. The first-order chi connectivity index (χ1) is 19.6. The number of rotatable bonds is 6. The van der Waals surface area contributed by atoms with Crippen LogP contribution in [-0.2, 0) is 17.2 Å². The summed E-state index contributed by atoms with van der Waals surface area (Å²) in [4.78, 5) is 37.1. The van der Waals surface area contributed by atoms with Crippen LogP contribution in [-0.4, -0.2) is 52.0 Å². The Morgan fingerprint density at radius 1 is 1.00 bits per heavy atom. The van der Waals surface area contributed by atoms with E-state index in [-0.39, 0.29) is 16.9 Å². The van der Waals surface area contributed by atoms with Crippen molar-refractivity contribution < 1.29 is 9.53 Å². The van der Waals surface area contributed by atoms with Gasteiger partial charge in [-0.25, -0.2) is 9.67 Å². The number of nitrogens with one attached hydrogen (secondary N) is 2. The van der Waals surface area contributed by atoms with Crippen LogP contribution in [0.3, 0.4) is 0 Å². The van der Waals surface area contributed by atoms with Gasteiger partial charge in [0.2, 0.25) is 5.95 Å². The summed E-state index contributed by atoms with van der Waals surface area (Å²) in [5, 5.41) is 10.7. The SMILES string of the molecule is Cc1c(NC(=O)c2ccc(C(C)(C)C)cc2)cccc1-c1cc(Nc2ccnc(N3CCOCC3)n2)c(=O)n(C)n1. The lowest BCUT2D eigenvalue weighted by Gasteiger charge is -2.26. The van der Waals surface area contributed by atoms with Gasteiger partial charge in [0.05, 0.1) is 18.9 Å². The van der Waals surface area contributed by atoms with Crippen molar-refractivity contribution in [2.24, 2.45) is 7.05 Å². The first-order valence-electron chi connectivity index (χ1n) is 13.6. The third kappa shape index (κ3) is 6.28. The molecule has 1 amide bonds. The fourth-order valence-corrected chi connectivity index (χ4v) is 4.67. The van der Waals surface area contributed by atoms with E-state index >= 15 is 0 Å². The van der Waals surface area contributed by atoms with Crippen LogP contribution >= 0.6 is 0 Å². The molecule has 1 aliphatic rings. The molecule has 1 fully saturated rings. The van der Waals surface area contributed by atoms with Gasteiger partial charge < -0.3 is 20.3 Å². The van der Waals surface area contributed by atoms with Crippen LogP contribution in [0.5, 0.6) is 0 Å². The molecule has 0 spiro atoms. The number of aromatic nitrogens is 4. The second-order valence-corrected chi connectivity index (χ2v) is 11.1. The fraction of sp³-hybridized carbons (Fsp3) is 0.323. The molecule has 0 saturated carbocycles. The molecule has 2 N–H and O–H groups in total. The molecule has 0 aliphatic carbocycles. The average molecular weight is 554 g/mol. The molecule has 212 valence electrons. The quantitative estimate of drug-likeness (QED) is 0.354. The number of aryl methyl sites for hydroxylation is 1. The lowest BCUT2D eigenvalue weighted by molar-refractivity contribution is 0.102. The van der Waals surface area contributed by atoms with Crippen LogP contribution in [0.25, 0.3) is 11.3 Å². The van der Waals surface area contributed by atoms with Crippen LogP contribution in [0.1, 0.15) is 42.3 Å².